The van der Waals surface area contributed by atoms with Gasteiger partial charge >= 0.3 is 0 Å². The molecule has 1 aliphatic rings. The van der Waals surface area contributed by atoms with Gasteiger partial charge < -0.3 is 9.80 Å². The van der Waals surface area contributed by atoms with Crippen molar-refractivity contribution in [1.82, 2.24) is 9.88 Å². The maximum atomic E-state index is 12.9. The van der Waals surface area contributed by atoms with Crippen molar-refractivity contribution in [2.24, 2.45) is 5.92 Å². The van der Waals surface area contributed by atoms with Crippen molar-refractivity contribution >= 4 is 45.1 Å². The Labute approximate surface area is 189 Å². The van der Waals surface area contributed by atoms with Crippen LogP contribution in [0.2, 0.25) is 0 Å². The number of benzene rings is 1. The molecule has 2 heterocycles. The molecule has 1 aromatic carbocycles. The Morgan fingerprint density at radius 3 is 2.57 bits per heavy atom. The summed E-state index contributed by atoms with van der Waals surface area (Å²) in [6.07, 6.45) is 2.74. The molecule has 3 rings (SSSR count). The number of nitro groups is 1. The average Bonchev–Trinajstić information content (AvgIpc) is 2.74. The second-order valence-electron chi connectivity index (χ2n) is 7.58. The van der Waals surface area contributed by atoms with E-state index in [1.807, 2.05) is 12.1 Å². The predicted octanol–water partition coefficient (Wildman–Crippen LogP) is 4.85. The SMILES string of the molecule is CC(C)CCSc1ccc(C(=O)N2CCN(c3ccc(Br)cn3)CC2)cc1[N+](=O)[O-]. The molecule has 0 bridgehead atoms. The molecule has 30 heavy (non-hydrogen) atoms. The van der Waals surface area contributed by atoms with Gasteiger partial charge in [-0.3, -0.25) is 14.9 Å². The first kappa shape index (κ1) is 22.6. The number of carbonyl (C=O) groups is 1. The summed E-state index contributed by atoms with van der Waals surface area (Å²) in [5.41, 5.74) is 0.373. The maximum absolute atomic E-state index is 12.9. The number of piperazine rings is 1. The molecule has 0 spiro atoms. The number of pyridine rings is 1. The monoisotopic (exact) mass is 492 g/mol. The van der Waals surface area contributed by atoms with Crippen LogP contribution in [0.3, 0.4) is 0 Å². The zero-order chi connectivity index (χ0) is 21.7. The van der Waals surface area contributed by atoms with E-state index >= 15 is 0 Å². The van der Waals surface area contributed by atoms with E-state index in [1.54, 1.807) is 23.2 Å². The second-order valence-corrected chi connectivity index (χ2v) is 9.64. The summed E-state index contributed by atoms with van der Waals surface area (Å²) in [7, 11) is 0. The van der Waals surface area contributed by atoms with Gasteiger partial charge in [-0.2, -0.15) is 0 Å². The third kappa shape index (κ3) is 5.72. The molecular formula is C21H25BrN4O3S. The average molecular weight is 493 g/mol. The van der Waals surface area contributed by atoms with Gasteiger partial charge in [0.05, 0.1) is 9.82 Å². The van der Waals surface area contributed by atoms with Gasteiger partial charge in [0.2, 0.25) is 0 Å². The lowest BCUT2D eigenvalue weighted by Gasteiger charge is -2.35. The lowest BCUT2D eigenvalue weighted by atomic mass is 10.1. The molecule has 1 saturated heterocycles. The highest BCUT2D eigenvalue weighted by atomic mass is 79.9. The van der Waals surface area contributed by atoms with Crippen LogP contribution in [0.5, 0.6) is 0 Å². The molecule has 0 radical (unpaired) electrons. The molecule has 1 aliphatic heterocycles. The molecule has 0 N–H and O–H groups in total. The molecule has 2 aromatic rings. The van der Waals surface area contributed by atoms with E-state index in [0.29, 0.717) is 42.6 Å². The first-order chi connectivity index (χ1) is 14.3. The van der Waals surface area contributed by atoms with Crippen molar-refractivity contribution in [3.8, 4) is 0 Å². The number of anilines is 1. The number of hydrogen-bond donors (Lipinski definition) is 0. The van der Waals surface area contributed by atoms with Crippen molar-refractivity contribution in [1.29, 1.82) is 0 Å². The largest absolute Gasteiger partial charge is 0.353 e. The van der Waals surface area contributed by atoms with Crippen LogP contribution in [0.4, 0.5) is 11.5 Å². The van der Waals surface area contributed by atoms with Crippen molar-refractivity contribution in [2.45, 2.75) is 25.2 Å². The van der Waals surface area contributed by atoms with Crippen molar-refractivity contribution in [3.63, 3.8) is 0 Å². The van der Waals surface area contributed by atoms with E-state index in [4.69, 9.17) is 0 Å². The molecule has 0 aliphatic carbocycles. The minimum Gasteiger partial charge on any atom is -0.353 e. The Balaban J connectivity index is 1.65. The van der Waals surface area contributed by atoms with Crippen LogP contribution in [0.25, 0.3) is 0 Å². The van der Waals surface area contributed by atoms with Gasteiger partial charge in [0.15, 0.2) is 0 Å². The second kappa shape index (κ2) is 10.3. The van der Waals surface area contributed by atoms with Gasteiger partial charge in [-0.25, -0.2) is 4.98 Å². The summed E-state index contributed by atoms with van der Waals surface area (Å²) in [4.78, 5) is 33.0. The number of nitro benzene ring substituents is 1. The molecule has 160 valence electrons. The summed E-state index contributed by atoms with van der Waals surface area (Å²) in [5.74, 6) is 2.07. The Bertz CT molecular complexity index is 900. The summed E-state index contributed by atoms with van der Waals surface area (Å²) < 4.78 is 0.924. The third-order valence-electron chi connectivity index (χ3n) is 4.96. The molecule has 0 atom stereocenters. The molecule has 7 nitrogen and oxygen atoms in total. The van der Waals surface area contributed by atoms with Crippen molar-refractivity contribution in [3.05, 3.63) is 56.7 Å². The molecule has 1 amide bonds. The Morgan fingerprint density at radius 1 is 1.23 bits per heavy atom. The highest BCUT2D eigenvalue weighted by Crippen LogP contribution is 2.31. The molecule has 9 heteroatoms. The number of halogens is 1. The number of thioether (sulfide) groups is 1. The van der Waals surface area contributed by atoms with Gasteiger partial charge in [0, 0.05) is 48.5 Å². The molecule has 0 unspecified atom stereocenters. The normalized spacial score (nSPS) is 14.3. The number of hydrogen-bond acceptors (Lipinski definition) is 6. The predicted molar refractivity (Wildman–Crippen MR) is 123 cm³/mol. The van der Waals surface area contributed by atoms with Gasteiger partial charge in [-0.1, -0.05) is 13.8 Å². The standard InChI is InChI=1S/C21H25BrN4O3S/c1-15(2)7-12-30-19-5-3-16(13-18(19)26(28)29)21(27)25-10-8-24(9-11-25)20-6-4-17(22)14-23-20/h3-6,13-15H,7-12H2,1-2H3. The molecule has 1 aromatic heterocycles. The number of amides is 1. The van der Waals surface area contributed by atoms with Crippen LogP contribution in [-0.4, -0.2) is 52.6 Å². The van der Waals surface area contributed by atoms with E-state index in [-0.39, 0.29) is 11.6 Å². The van der Waals surface area contributed by atoms with E-state index in [9.17, 15) is 14.9 Å². The first-order valence-corrected chi connectivity index (χ1v) is 11.7. The minimum atomic E-state index is -0.397. The number of nitrogens with zero attached hydrogens (tertiary/aromatic N) is 4. The fourth-order valence-electron chi connectivity index (χ4n) is 3.20. The van der Waals surface area contributed by atoms with Crippen LogP contribution in [0.1, 0.15) is 30.6 Å². The Morgan fingerprint density at radius 2 is 1.97 bits per heavy atom. The fraction of sp³-hybridized carbons (Fsp3) is 0.429. The number of carbonyl (C=O) groups excluding carboxylic acids is 1. The topological polar surface area (TPSA) is 79.6 Å². The van der Waals surface area contributed by atoms with Gasteiger partial charge in [-0.05, 0) is 58.3 Å². The lowest BCUT2D eigenvalue weighted by Crippen LogP contribution is -2.49. The van der Waals surface area contributed by atoms with E-state index in [2.05, 4.69) is 39.7 Å². The Hall–Kier alpha value is -2.13. The van der Waals surface area contributed by atoms with Crippen LogP contribution >= 0.6 is 27.7 Å². The van der Waals surface area contributed by atoms with E-state index in [1.165, 1.54) is 17.8 Å². The van der Waals surface area contributed by atoms with Crippen LogP contribution in [0.15, 0.2) is 45.9 Å². The highest BCUT2D eigenvalue weighted by molar-refractivity contribution is 9.10. The van der Waals surface area contributed by atoms with Crippen molar-refractivity contribution < 1.29 is 9.72 Å². The van der Waals surface area contributed by atoms with Gasteiger partial charge in [0.1, 0.15) is 5.82 Å². The first-order valence-electron chi connectivity index (χ1n) is 9.92. The highest BCUT2D eigenvalue weighted by Gasteiger charge is 2.25. The van der Waals surface area contributed by atoms with Gasteiger partial charge in [0.25, 0.3) is 11.6 Å². The van der Waals surface area contributed by atoms with E-state index in [0.717, 1.165) is 22.5 Å². The fourth-order valence-corrected chi connectivity index (χ4v) is 4.69. The van der Waals surface area contributed by atoms with Crippen LogP contribution in [-0.2, 0) is 0 Å². The molecule has 0 saturated carbocycles. The van der Waals surface area contributed by atoms with Crippen molar-refractivity contribution in [2.75, 3.05) is 36.8 Å². The molecule has 1 fully saturated rings. The number of aromatic nitrogens is 1. The third-order valence-corrected chi connectivity index (χ3v) is 6.52. The number of rotatable bonds is 7. The zero-order valence-corrected chi connectivity index (χ0v) is 19.5. The molecular weight excluding hydrogens is 468 g/mol. The summed E-state index contributed by atoms with van der Waals surface area (Å²) >= 11 is 4.86. The maximum Gasteiger partial charge on any atom is 0.283 e. The summed E-state index contributed by atoms with van der Waals surface area (Å²) in [5, 5.41) is 11.5. The van der Waals surface area contributed by atoms with Crippen LogP contribution in [0, 0.1) is 16.0 Å². The Kier molecular flexibility index (Phi) is 7.71. The van der Waals surface area contributed by atoms with Crippen LogP contribution < -0.4 is 4.90 Å². The quantitative estimate of drug-likeness (QED) is 0.312. The summed E-state index contributed by atoms with van der Waals surface area (Å²) in [6, 6.07) is 8.72. The van der Waals surface area contributed by atoms with E-state index < -0.39 is 4.92 Å². The zero-order valence-electron chi connectivity index (χ0n) is 17.1. The lowest BCUT2D eigenvalue weighted by molar-refractivity contribution is -0.387. The minimum absolute atomic E-state index is 0.00676. The smallest absolute Gasteiger partial charge is 0.283 e. The summed E-state index contributed by atoms with van der Waals surface area (Å²) in [6.45, 7) is 6.70. The van der Waals surface area contributed by atoms with Gasteiger partial charge in [-0.15, -0.1) is 11.8 Å².